The number of hydrogen-bond acceptors (Lipinski definition) is 4. The van der Waals surface area contributed by atoms with Gasteiger partial charge in [-0.05, 0) is 61.1 Å². The first-order valence-corrected chi connectivity index (χ1v) is 11.5. The fourth-order valence-corrected chi connectivity index (χ4v) is 2.99. The van der Waals surface area contributed by atoms with Crippen LogP contribution in [0.1, 0.15) is 83.6 Å². The zero-order valence-corrected chi connectivity index (χ0v) is 20.4. The molecule has 3 atom stereocenters. The van der Waals surface area contributed by atoms with Crippen LogP contribution < -0.4 is 9.47 Å². The molecular formula is C26H36F4O4. The molecule has 0 radical (unpaired) electrons. The van der Waals surface area contributed by atoms with Gasteiger partial charge >= 0.3 is 6.61 Å². The minimum Gasteiger partial charge on any atom is -0.457 e. The van der Waals surface area contributed by atoms with Crippen molar-refractivity contribution >= 4 is 0 Å². The van der Waals surface area contributed by atoms with Crippen LogP contribution in [-0.2, 0) is 0 Å². The first-order chi connectivity index (χ1) is 16.0. The van der Waals surface area contributed by atoms with E-state index in [9.17, 15) is 27.8 Å². The van der Waals surface area contributed by atoms with Crippen LogP contribution in [0.4, 0.5) is 17.6 Å². The molecule has 0 amide bonds. The van der Waals surface area contributed by atoms with Crippen LogP contribution in [0.2, 0.25) is 0 Å². The summed E-state index contributed by atoms with van der Waals surface area (Å²) in [5, 5.41) is 19.1. The first kappa shape index (κ1) is 29.7. The van der Waals surface area contributed by atoms with Crippen LogP contribution >= 0.6 is 0 Å². The van der Waals surface area contributed by atoms with E-state index in [4.69, 9.17) is 4.74 Å². The molecule has 34 heavy (non-hydrogen) atoms. The standard InChI is InChI=1S/C16H24F2O2.C10H12F2O2/c1-5-13(19)11-8-9-14(12(17)10-11)20-15(18)16(4,6-2)7-3;1-2-9(13)7-3-5-8(6-4-7)14-10(11)12/h8-10,13,15,19H,5-7H2,1-4H3;3-6,9-10,13H,2H2,1H3. The minimum absolute atomic E-state index is 0.104. The average molecular weight is 489 g/mol. The topological polar surface area (TPSA) is 58.9 Å². The van der Waals surface area contributed by atoms with E-state index in [2.05, 4.69) is 4.74 Å². The molecule has 192 valence electrons. The maximum Gasteiger partial charge on any atom is 0.387 e. The minimum atomic E-state index is -2.81. The van der Waals surface area contributed by atoms with Crippen molar-refractivity contribution in [3.63, 3.8) is 0 Å². The molecule has 0 spiro atoms. The Morgan fingerprint density at radius 3 is 1.74 bits per heavy atom. The third kappa shape index (κ3) is 8.80. The van der Waals surface area contributed by atoms with Gasteiger partial charge in [0, 0.05) is 5.41 Å². The Bertz CT molecular complexity index is 841. The van der Waals surface area contributed by atoms with Crippen LogP contribution in [0, 0.1) is 11.2 Å². The van der Waals surface area contributed by atoms with Crippen molar-refractivity contribution in [3.8, 4) is 11.5 Å². The zero-order valence-electron chi connectivity index (χ0n) is 20.4. The highest BCUT2D eigenvalue weighted by Crippen LogP contribution is 2.35. The van der Waals surface area contributed by atoms with Crippen molar-refractivity contribution in [1.82, 2.24) is 0 Å². The van der Waals surface area contributed by atoms with Gasteiger partial charge in [0.05, 0.1) is 12.2 Å². The second-order valence-corrected chi connectivity index (χ2v) is 8.28. The van der Waals surface area contributed by atoms with Crippen LogP contribution in [-0.4, -0.2) is 23.2 Å². The van der Waals surface area contributed by atoms with E-state index >= 15 is 0 Å². The Morgan fingerprint density at radius 1 is 0.794 bits per heavy atom. The van der Waals surface area contributed by atoms with Crippen LogP contribution in [0.3, 0.4) is 0 Å². The number of rotatable bonds is 11. The van der Waals surface area contributed by atoms with Gasteiger partial charge < -0.3 is 19.7 Å². The molecular weight excluding hydrogens is 452 g/mol. The fraction of sp³-hybridized carbons (Fsp3) is 0.538. The van der Waals surface area contributed by atoms with Crippen molar-refractivity contribution in [2.45, 2.75) is 85.5 Å². The largest absolute Gasteiger partial charge is 0.457 e. The van der Waals surface area contributed by atoms with Crippen molar-refractivity contribution in [2.75, 3.05) is 0 Å². The van der Waals surface area contributed by atoms with E-state index in [-0.39, 0.29) is 11.5 Å². The van der Waals surface area contributed by atoms with Gasteiger partial charge in [0.25, 0.3) is 0 Å². The van der Waals surface area contributed by atoms with Crippen molar-refractivity contribution in [2.24, 2.45) is 5.41 Å². The van der Waals surface area contributed by atoms with E-state index < -0.39 is 36.4 Å². The Kier molecular flexibility index (Phi) is 12.4. The normalized spacial score (nSPS) is 14.1. The van der Waals surface area contributed by atoms with E-state index in [0.29, 0.717) is 36.8 Å². The van der Waals surface area contributed by atoms with Gasteiger partial charge in [-0.3, -0.25) is 0 Å². The van der Waals surface area contributed by atoms with Gasteiger partial charge in [0.15, 0.2) is 11.6 Å². The summed E-state index contributed by atoms with van der Waals surface area (Å²) in [5.74, 6) is -0.656. The fourth-order valence-electron chi connectivity index (χ4n) is 2.99. The summed E-state index contributed by atoms with van der Waals surface area (Å²) in [5.41, 5.74) is 0.546. The number of aliphatic hydroxyl groups is 2. The SMILES string of the molecule is CCC(O)c1ccc(OC(F)C(C)(CC)CC)c(F)c1.CCC(O)c1ccc(OC(F)F)cc1. The molecule has 0 aliphatic heterocycles. The van der Waals surface area contributed by atoms with E-state index in [1.807, 2.05) is 20.8 Å². The van der Waals surface area contributed by atoms with E-state index in [0.717, 1.165) is 0 Å². The number of alkyl halides is 3. The molecule has 0 aromatic heterocycles. The summed E-state index contributed by atoms with van der Waals surface area (Å²) in [6.07, 6.45) is -0.511. The molecule has 0 saturated carbocycles. The lowest BCUT2D eigenvalue weighted by Crippen LogP contribution is -2.32. The average Bonchev–Trinajstić information content (AvgIpc) is 2.84. The number of ether oxygens (including phenoxy) is 2. The first-order valence-electron chi connectivity index (χ1n) is 11.5. The third-order valence-electron chi connectivity index (χ3n) is 6.00. The van der Waals surface area contributed by atoms with Crippen LogP contribution in [0.5, 0.6) is 11.5 Å². The number of benzene rings is 2. The zero-order chi connectivity index (χ0) is 25.9. The second kappa shape index (κ2) is 14.2. The van der Waals surface area contributed by atoms with Gasteiger partial charge in [0.2, 0.25) is 6.36 Å². The molecule has 0 aliphatic rings. The molecule has 0 bridgehead atoms. The Labute approximate surface area is 199 Å². The molecule has 4 nitrogen and oxygen atoms in total. The molecule has 0 fully saturated rings. The molecule has 2 aromatic rings. The predicted molar refractivity (Wildman–Crippen MR) is 124 cm³/mol. The lowest BCUT2D eigenvalue weighted by molar-refractivity contribution is -0.0507. The maximum absolute atomic E-state index is 14.2. The molecule has 8 heteroatoms. The lowest BCUT2D eigenvalue weighted by atomic mass is 9.84. The third-order valence-corrected chi connectivity index (χ3v) is 6.00. The quantitative estimate of drug-likeness (QED) is 0.322. The summed E-state index contributed by atoms with van der Waals surface area (Å²) in [6.45, 7) is 6.39. The van der Waals surface area contributed by atoms with Gasteiger partial charge in [-0.2, -0.15) is 8.78 Å². The molecule has 2 aromatic carbocycles. The summed E-state index contributed by atoms with van der Waals surface area (Å²) >= 11 is 0. The smallest absolute Gasteiger partial charge is 0.387 e. The molecule has 3 unspecified atom stereocenters. The highest BCUT2D eigenvalue weighted by Gasteiger charge is 2.33. The Morgan fingerprint density at radius 2 is 1.29 bits per heavy atom. The molecule has 0 aliphatic carbocycles. The molecule has 0 heterocycles. The second-order valence-electron chi connectivity index (χ2n) is 8.28. The molecule has 0 saturated heterocycles. The summed E-state index contributed by atoms with van der Waals surface area (Å²) < 4.78 is 61.0. The highest BCUT2D eigenvalue weighted by molar-refractivity contribution is 5.31. The van der Waals surface area contributed by atoms with Crippen molar-refractivity contribution < 1.29 is 37.2 Å². The molecule has 2 N–H and O–H groups in total. The summed E-state index contributed by atoms with van der Waals surface area (Å²) in [4.78, 5) is 0. The van der Waals surface area contributed by atoms with Crippen molar-refractivity contribution in [1.29, 1.82) is 0 Å². The van der Waals surface area contributed by atoms with Crippen molar-refractivity contribution in [3.05, 3.63) is 59.4 Å². The Hall–Kier alpha value is -2.32. The maximum atomic E-state index is 14.2. The lowest BCUT2D eigenvalue weighted by Gasteiger charge is -2.30. The van der Waals surface area contributed by atoms with Gasteiger partial charge in [0.1, 0.15) is 5.75 Å². The highest BCUT2D eigenvalue weighted by atomic mass is 19.3. The number of hydrogen-bond donors (Lipinski definition) is 2. The summed E-state index contributed by atoms with van der Waals surface area (Å²) in [7, 11) is 0. The van der Waals surface area contributed by atoms with Crippen LogP contribution in [0.25, 0.3) is 0 Å². The number of aliphatic hydroxyl groups excluding tert-OH is 2. The van der Waals surface area contributed by atoms with Crippen LogP contribution in [0.15, 0.2) is 42.5 Å². The van der Waals surface area contributed by atoms with Gasteiger partial charge in [-0.15, -0.1) is 0 Å². The van der Waals surface area contributed by atoms with Gasteiger partial charge in [-0.25, -0.2) is 8.78 Å². The van der Waals surface area contributed by atoms with E-state index in [1.54, 1.807) is 32.0 Å². The predicted octanol–water partition coefficient (Wildman–Crippen LogP) is 7.50. The number of halogens is 4. The Balaban J connectivity index is 0.000000362. The monoisotopic (exact) mass is 488 g/mol. The van der Waals surface area contributed by atoms with E-state index in [1.165, 1.54) is 24.3 Å². The summed E-state index contributed by atoms with van der Waals surface area (Å²) in [6, 6.07) is 10.1. The molecule has 2 rings (SSSR count). The van der Waals surface area contributed by atoms with Gasteiger partial charge in [-0.1, -0.05) is 52.8 Å².